The molecule has 5 nitrogen and oxygen atoms in total. The molecule has 0 aromatic heterocycles. The molecule has 140 valence electrons. The zero-order chi connectivity index (χ0) is 18.2. The average molecular weight is 348 g/mol. The number of hydrogen-bond donors (Lipinski definition) is 3. The fourth-order valence-corrected chi connectivity index (χ4v) is 3.43. The van der Waals surface area contributed by atoms with Gasteiger partial charge in [-0.1, -0.05) is 45.0 Å². The Labute approximate surface area is 151 Å². The van der Waals surface area contributed by atoms with Crippen LogP contribution >= 0.6 is 0 Å². The second-order valence-electron chi connectivity index (χ2n) is 7.49. The van der Waals surface area contributed by atoms with E-state index in [9.17, 15) is 9.90 Å². The Morgan fingerprint density at radius 2 is 2.04 bits per heavy atom. The van der Waals surface area contributed by atoms with Crippen LogP contribution in [0.1, 0.15) is 44.4 Å². The fraction of sp³-hybridized carbons (Fsp3) is 0.650. The Kier molecular flexibility index (Phi) is 7.72. The Balaban J connectivity index is 1.76. The van der Waals surface area contributed by atoms with Gasteiger partial charge in [0.2, 0.25) is 0 Å². The number of likely N-dealkylation sites (tertiary alicyclic amines) is 1. The largest absolute Gasteiger partial charge is 0.394 e. The average Bonchev–Trinajstić information content (AvgIpc) is 3.04. The van der Waals surface area contributed by atoms with Crippen molar-refractivity contribution in [1.82, 2.24) is 15.5 Å². The van der Waals surface area contributed by atoms with Gasteiger partial charge in [0.15, 0.2) is 0 Å². The summed E-state index contributed by atoms with van der Waals surface area (Å²) in [5.41, 5.74) is 2.18. The molecule has 1 aromatic rings. The predicted octanol–water partition coefficient (Wildman–Crippen LogP) is 2.56. The predicted molar refractivity (Wildman–Crippen MR) is 102 cm³/mol. The van der Waals surface area contributed by atoms with Crippen molar-refractivity contribution >= 4 is 6.03 Å². The lowest BCUT2D eigenvalue weighted by Gasteiger charge is -2.20. The molecule has 1 heterocycles. The van der Waals surface area contributed by atoms with Gasteiger partial charge in [0.05, 0.1) is 12.6 Å². The lowest BCUT2D eigenvalue weighted by Crippen LogP contribution is -2.41. The van der Waals surface area contributed by atoms with Crippen LogP contribution in [0.5, 0.6) is 0 Å². The van der Waals surface area contributed by atoms with E-state index < -0.39 is 0 Å². The Morgan fingerprint density at radius 3 is 2.64 bits per heavy atom. The summed E-state index contributed by atoms with van der Waals surface area (Å²) in [6.07, 6.45) is 2.11. The van der Waals surface area contributed by atoms with E-state index in [2.05, 4.69) is 36.3 Å². The molecule has 5 heteroatoms. The number of amides is 2. The van der Waals surface area contributed by atoms with Crippen LogP contribution in [0.25, 0.3) is 0 Å². The summed E-state index contributed by atoms with van der Waals surface area (Å²) in [5.74, 6) is 1.19. The highest BCUT2D eigenvalue weighted by atomic mass is 16.3. The van der Waals surface area contributed by atoms with Crippen LogP contribution in [0.4, 0.5) is 4.79 Å². The van der Waals surface area contributed by atoms with Gasteiger partial charge in [0.25, 0.3) is 0 Å². The van der Waals surface area contributed by atoms with Crippen molar-refractivity contribution in [2.45, 2.75) is 39.7 Å². The number of rotatable bonds is 8. The lowest BCUT2D eigenvalue weighted by atomic mass is 10.0. The van der Waals surface area contributed by atoms with Gasteiger partial charge in [-0.15, -0.1) is 0 Å². The van der Waals surface area contributed by atoms with E-state index in [0.29, 0.717) is 18.4 Å². The van der Waals surface area contributed by atoms with Crippen LogP contribution in [-0.4, -0.2) is 48.8 Å². The monoisotopic (exact) mass is 347 g/mol. The number of nitrogens with one attached hydrogen (secondary N) is 2. The van der Waals surface area contributed by atoms with E-state index in [1.54, 1.807) is 0 Å². The maximum absolute atomic E-state index is 12.2. The summed E-state index contributed by atoms with van der Waals surface area (Å²) in [5, 5.41) is 15.4. The third-order valence-corrected chi connectivity index (χ3v) is 4.82. The van der Waals surface area contributed by atoms with Crippen LogP contribution in [0.15, 0.2) is 24.3 Å². The molecule has 0 aliphatic carbocycles. The number of urea groups is 1. The maximum atomic E-state index is 12.2. The zero-order valence-corrected chi connectivity index (χ0v) is 15.8. The molecule has 2 atom stereocenters. The molecule has 0 radical (unpaired) electrons. The third kappa shape index (κ3) is 6.33. The van der Waals surface area contributed by atoms with Gasteiger partial charge in [0, 0.05) is 19.6 Å². The topological polar surface area (TPSA) is 64.6 Å². The first-order valence-electron chi connectivity index (χ1n) is 9.48. The van der Waals surface area contributed by atoms with E-state index in [4.69, 9.17) is 0 Å². The number of aliphatic hydroxyl groups is 1. The van der Waals surface area contributed by atoms with E-state index in [1.165, 1.54) is 5.56 Å². The number of carbonyl (C=O) groups excluding carboxylic acids is 1. The van der Waals surface area contributed by atoms with Crippen molar-refractivity contribution in [3.63, 3.8) is 0 Å². The van der Waals surface area contributed by atoms with Crippen LogP contribution < -0.4 is 10.6 Å². The van der Waals surface area contributed by atoms with Gasteiger partial charge >= 0.3 is 6.03 Å². The van der Waals surface area contributed by atoms with E-state index in [0.717, 1.165) is 38.0 Å². The van der Waals surface area contributed by atoms with Crippen molar-refractivity contribution < 1.29 is 9.90 Å². The van der Waals surface area contributed by atoms with Crippen molar-refractivity contribution in [2.75, 3.05) is 32.8 Å². The number of aryl methyl sites for hydroxylation is 1. The summed E-state index contributed by atoms with van der Waals surface area (Å²) in [7, 11) is 0. The Morgan fingerprint density at radius 1 is 1.32 bits per heavy atom. The number of aliphatic hydroxyl groups excluding tert-OH is 1. The SMILES string of the molecule is CCc1ccc(C(CO)NC(=O)NCC2CCN(CC(C)C)C2)cc1. The van der Waals surface area contributed by atoms with E-state index in [-0.39, 0.29) is 18.7 Å². The van der Waals surface area contributed by atoms with Gasteiger partial charge in [-0.05, 0) is 42.3 Å². The summed E-state index contributed by atoms with van der Waals surface area (Å²) < 4.78 is 0. The quantitative estimate of drug-likeness (QED) is 0.677. The van der Waals surface area contributed by atoms with Crippen molar-refractivity contribution in [3.05, 3.63) is 35.4 Å². The van der Waals surface area contributed by atoms with Gasteiger partial charge < -0.3 is 20.6 Å². The molecular formula is C20H33N3O2. The summed E-state index contributed by atoms with van der Waals surface area (Å²) in [6.45, 7) is 10.5. The molecule has 0 saturated carbocycles. The molecule has 2 rings (SSSR count). The third-order valence-electron chi connectivity index (χ3n) is 4.82. The molecule has 1 saturated heterocycles. The van der Waals surface area contributed by atoms with E-state index >= 15 is 0 Å². The highest BCUT2D eigenvalue weighted by molar-refractivity contribution is 5.74. The molecule has 25 heavy (non-hydrogen) atoms. The minimum absolute atomic E-state index is 0.107. The molecule has 2 amide bonds. The minimum Gasteiger partial charge on any atom is -0.394 e. The molecule has 0 bridgehead atoms. The molecule has 1 aliphatic rings. The Bertz CT molecular complexity index is 530. The highest BCUT2D eigenvalue weighted by Gasteiger charge is 2.23. The van der Waals surface area contributed by atoms with Crippen LogP contribution in [0.3, 0.4) is 0 Å². The molecule has 2 unspecified atom stereocenters. The first-order valence-corrected chi connectivity index (χ1v) is 9.48. The van der Waals surface area contributed by atoms with Gasteiger partial charge in [-0.2, -0.15) is 0 Å². The highest BCUT2D eigenvalue weighted by Crippen LogP contribution is 2.17. The second-order valence-corrected chi connectivity index (χ2v) is 7.49. The fourth-order valence-electron chi connectivity index (χ4n) is 3.43. The summed E-state index contributed by atoms with van der Waals surface area (Å²) >= 11 is 0. The van der Waals surface area contributed by atoms with Crippen molar-refractivity contribution in [2.24, 2.45) is 11.8 Å². The smallest absolute Gasteiger partial charge is 0.315 e. The van der Waals surface area contributed by atoms with Gasteiger partial charge in [-0.3, -0.25) is 0 Å². The summed E-state index contributed by atoms with van der Waals surface area (Å²) in [4.78, 5) is 14.7. The maximum Gasteiger partial charge on any atom is 0.315 e. The normalized spacial score (nSPS) is 19.2. The number of carbonyl (C=O) groups is 1. The first-order chi connectivity index (χ1) is 12.0. The number of hydrogen-bond acceptors (Lipinski definition) is 3. The molecule has 1 aliphatic heterocycles. The van der Waals surface area contributed by atoms with Crippen molar-refractivity contribution in [1.29, 1.82) is 0 Å². The molecule has 3 N–H and O–H groups in total. The molecule has 0 spiro atoms. The number of benzene rings is 1. The van der Waals surface area contributed by atoms with Gasteiger partial charge in [-0.25, -0.2) is 4.79 Å². The lowest BCUT2D eigenvalue weighted by molar-refractivity contribution is 0.215. The van der Waals surface area contributed by atoms with Crippen LogP contribution in [-0.2, 0) is 6.42 Å². The van der Waals surface area contributed by atoms with Gasteiger partial charge in [0.1, 0.15) is 0 Å². The molecule has 1 fully saturated rings. The van der Waals surface area contributed by atoms with Crippen LogP contribution in [0.2, 0.25) is 0 Å². The van der Waals surface area contributed by atoms with Crippen LogP contribution in [0, 0.1) is 11.8 Å². The number of nitrogens with zero attached hydrogens (tertiary/aromatic N) is 1. The zero-order valence-electron chi connectivity index (χ0n) is 15.8. The molecule has 1 aromatic carbocycles. The minimum atomic E-state index is -0.369. The molecular weight excluding hydrogens is 314 g/mol. The van der Waals surface area contributed by atoms with Crippen molar-refractivity contribution in [3.8, 4) is 0 Å². The standard InChI is InChI=1S/C20H33N3O2/c1-4-16-5-7-18(8-6-16)19(14-24)22-20(25)21-11-17-9-10-23(13-17)12-15(2)3/h5-8,15,17,19,24H,4,9-14H2,1-3H3,(H2,21,22,25). The first kappa shape index (κ1) is 19.7. The second kappa shape index (κ2) is 9.78. The van der Waals surface area contributed by atoms with E-state index in [1.807, 2.05) is 24.3 Å². The summed E-state index contributed by atoms with van der Waals surface area (Å²) in [6, 6.07) is 7.45. The Hall–Kier alpha value is -1.59.